The SMILES string of the molecule is CCC(Sc1c([N+](=O)[O-])c(C)nn1C(C)C)C(=O)O. The van der Waals surface area contributed by atoms with E-state index in [4.69, 9.17) is 5.11 Å². The first-order valence-electron chi connectivity index (χ1n) is 5.92. The van der Waals surface area contributed by atoms with E-state index in [0.29, 0.717) is 17.1 Å². The quantitative estimate of drug-likeness (QED) is 0.490. The predicted octanol–water partition coefficient (Wildman–Crippen LogP) is 2.64. The van der Waals surface area contributed by atoms with Gasteiger partial charge in [-0.15, -0.1) is 0 Å². The zero-order chi connectivity index (χ0) is 14.7. The Labute approximate surface area is 115 Å². The number of hydrogen-bond donors (Lipinski definition) is 1. The van der Waals surface area contributed by atoms with Crippen LogP contribution in [0.4, 0.5) is 5.69 Å². The number of nitrogens with zero attached hydrogens (tertiary/aromatic N) is 3. The normalized spacial score (nSPS) is 12.7. The summed E-state index contributed by atoms with van der Waals surface area (Å²) in [4.78, 5) is 21.7. The van der Waals surface area contributed by atoms with E-state index < -0.39 is 16.1 Å². The van der Waals surface area contributed by atoms with Crippen molar-refractivity contribution >= 4 is 23.4 Å². The lowest BCUT2D eigenvalue weighted by Crippen LogP contribution is -2.16. The minimum atomic E-state index is -0.976. The standard InChI is InChI=1S/C11H17N3O4S/c1-5-8(11(15)16)19-10-9(14(17)18)7(4)12-13(10)6(2)3/h6,8H,5H2,1-4H3,(H,15,16). The van der Waals surface area contributed by atoms with Crippen LogP contribution in [0.15, 0.2) is 5.03 Å². The molecule has 0 aliphatic heterocycles. The summed E-state index contributed by atoms with van der Waals surface area (Å²) < 4.78 is 1.52. The van der Waals surface area contributed by atoms with Gasteiger partial charge in [-0.3, -0.25) is 14.9 Å². The molecule has 19 heavy (non-hydrogen) atoms. The Hall–Kier alpha value is -1.57. The molecule has 1 N–H and O–H groups in total. The third-order valence-electron chi connectivity index (χ3n) is 2.58. The lowest BCUT2D eigenvalue weighted by Gasteiger charge is -2.13. The topological polar surface area (TPSA) is 98.3 Å². The van der Waals surface area contributed by atoms with Crippen LogP contribution in [0.1, 0.15) is 38.9 Å². The predicted molar refractivity (Wildman–Crippen MR) is 71.6 cm³/mol. The van der Waals surface area contributed by atoms with E-state index >= 15 is 0 Å². The molecule has 0 fully saturated rings. The van der Waals surface area contributed by atoms with Crippen molar-refractivity contribution in [3.05, 3.63) is 15.8 Å². The molecule has 106 valence electrons. The number of rotatable bonds is 6. The highest BCUT2D eigenvalue weighted by molar-refractivity contribution is 8.00. The van der Waals surface area contributed by atoms with E-state index in [0.717, 1.165) is 11.8 Å². The Balaban J connectivity index is 3.29. The van der Waals surface area contributed by atoms with Crippen LogP contribution in [0.3, 0.4) is 0 Å². The molecule has 0 saturated heterocycles. The average molecular weight is 287 g/mol. The maximum atomic E-state index is 11.1. The molecule has 0 aliphatic rings. The Morgan fingerprint density at radius 1 is 1.58 bits per heavy atom. The van der Waals surface area contributed by atoms with E-state index in [1.807, 2.05) is 13.8 Å². The van der Waals surface area contributed by atoms with Crippen LogP contribution in [0.2, 0.25) is 0 Å². The second-order valence-corrected chi connectivity index (χ2v) is 5.58. The first-order chi connectivity index (χ1) is 8.79. The van der Waals surface area contributed by atoms with Crippen LogP contribution >= 0.6 is 11.8 Å². The summed E-state index contributed by atoms with van der Waals surface area (Å²) in [6.45, 7) is 6.99. The van der Waals surface area contributed by atoms with Gasteiger partial charge < -0.3 is 5.11 Å². The molecular formula is C11H17N3O4S. The summed E-state index contributed by atoms with van der Waals surface area (Å²) >= 11 is 0.987. The largest absolute Gasteiger partial charge is 0.480 e. The van der Waals surface area contributed by atoms with Crippen molar-refractivity contribution in [1.82, 2.24) is 9.78 Å². The zero-order valence-corrected chi connectivity index (χ0v) is 12.1. The highest BCUT2D eigenvalue weighted by atomic mass is 32.2. The van der Waals surface area contributed by atoms with E-state index in [1.54, 1.807) is 13.8 Å². The number of thioether (sulfide) groups is 1. The molecule has 0 aliphatic carbocycles. The number of aliphatic carboxylic acids is 1. The second-order valence-electron chi connectivity index (χ2n) is 4.39. The van der Waals surface area contributed by atoms with Gasteiger partial charge in [0.15, 0.2) is 5.03 Å². The first-order valence-corrected chi connectivity index (χ1v) is 6.80. The molecule has 1 aromatic heterocycles. The van der Waals surface area contributed by atoms with Gasteiger partial charge in [-0.1, -0.05) is 18.7 Å². The van der Waals surface area contributed by atoms with Gasteiger partial charge in [0.2, 0.25) is 0 Å². The van der Waals surface area contributed by atoms with Crippen molar-refractivity contribution < 1.29 is 14.8 Å². The molecule has 8 heteroatoms. The molecule has 1 rings (SSSR count). The summed E-state index contributed by atoms with van der Waals surface area (Å²) in [6.07, 6.45) is 0.388. The Morgan fingerprint density at radius 3 is 2.53 bits per heavy atom. The number of carbonyl (C=O) groups is 1. The maximum Gasteiger partial charge on any atom is 0.323 e. The van der Waals surface area contributed by atoms with Gasteiger partial charge in [0.1, 0.15) is 10.9 Å². The highest BCUT2D eigenvalue weighted by Crippen LogP contribution is 2.37. The smallest absolute Gasteiger partial charge is 0.323 e. The fourth-order valence-electron chi connectivity index (χ4n) is 1.63. The molecule has 1 aromatic rings. The van der Waals surface area contributed by atoms with Gasteiger partial charge in [0, 0.05) is 6.04 Å². The van der Waals surface area contributed by atoms with Crippen molar-refractivity contribution in [2.24, 2.45) is 0 Å². The van der Waals surface area contributed by atoms with Crippen LogP contribution < -0.4 is 0 Å². The summed E-state index contributed by atoms with van der Waals surface area (Å²) in [7, 11) is 0. The highest BCUT2D eigenvalue weighted by Gasteiger charge is 2.30. The molecule has 7 nitrogen and oxygen atoms in total. The molecule has 0 spiro atoms. The number of carboxylic acids is 1. The Morgan fingerprint density at radius 2 is 2.16 bits per heavy atom. The van der Waals surface area contributed by atoms with Gasteiger partial charge in [-0.2, -0.15) is 5.10 Å². The van der Waals surface area contributed by atoms with Gasteiger partial charge in [-0.25, -0.2) is 4.68 Å². The van der Waals surface area contributed by atoms with Gasteiger partial charge in [0.05, 0.1) is 4.92 Å². The molecule has 0 aromatic carbocycles. The molecule has 1 atom stereocenters. The summed E-state index contributed by atoms with van der Waals surface area (Å²) in [5.41, 5.74) is 0.208. The summed E-state index contributed by atoms with van der Waals surface area (Å²) in [6, 6.07) is -0.0683. The van der Waals surface area contributed by atoms with Crippen molar-refractivity contribution in [1.29, 1.82) is 0 Å². The van der Waals surface area contributed by atoms with Crippen molar-refractivity contribution in [2.75, 3.05) is 0 Å². The molecule has 0 saturated carbocycles. The fourth-order valence-corrected chi connectivity index (χ4v) is 2.86. The summed E-state index contributed by atoms with van der Waals surface area (Å²) in [5, 5.41) is 23.9. The zero-order valence-electron chi connectivity index (χ0n) is 11.3. The van der Waals surface area contributed by atoms with Crippen molar-refractivity contribution in [3.8, 4) is 0 Å². The van der Waals surface area contributed by atoms with Crippen LogP contribution in [-0.4, -0.2) is 31.0 Å². The van der Waals surface area contributed by atoms with Crippen molar-refractivity contribution in [2.45, 2.75) is 50.4 Å². The lowest BCUT2D eigenvalue weighted by atomic mass is 10.3. The van der Waals surface area contributed by atoms with E-state index in [-0.39, 0.29) is 11.7 Å². The molecular weight excluding hydrogens is 270 g/mol. The van der Waals surface area contributed by atoms with Crippen LogP contribution in [0.25, 0.3) is 0 Å². The Bertz CT molecular complexity index is 498. The monoisotopic (exact) mass is 287 g/mol. The van der Waals surface area contributed by atoms with E-state index in [2.05, 4.69) is 5.10 Å². The van der Waals surface area contributed by atoms with Crippen LogP contribution in [0, 0.1) is 17.0 Å². The number of carboxylic acid groups (broad SMARTS) is 1. The van der Waals surface area contributed by atoms with Gasteiger partial charge in [-0.05, 0) is 27.2 Å². The third kappa shape index (κ3) is 3.25. The third-order valence-corrected chi connectivity index (χ3v) is 4.01. The van der Waals surface area contributed by atoms with E-state index in [1.165, 1.54) is 4.68 Å². The number of aromatic nitrogens is 2. The van der Waals surface area contributed by atoms with Crippen LogP contribution in [-0.2, 0) is 4.79 Å². The number of hydrogen-bond acceptors (Lipinski definition) is 5. The maximum absolute atomic E-state index is 11.1. The molecule has 1 heterocycles. The minimum Gasteiger partial charge on any atom is -0.480 e. The first kappa shape index (κ1) is 15.5. The molecule has 0 bridgehead atoms. The minimum absolute atomic E-state index is 0.0683. The van der Waals surface area contributed by atoms with Gasteiger partial charge in [0.25, 0.3) is 0 Å². The molecule has 0 amide bonds. The lowest BCUT2D eigenvalue weighted by molar-refractivity contribution is -0.388. The molecule has 1 unspecified atom stereocenters. The average Bonchev–Trinajstić information content (AvgIpc) is 2.62. The number of nitro groups is 1. The fraction of sp³-hybridized carbons (Fsp3) is 0.636. The van der Waals surface area contributed by atoms with E-state index in [9.17, 15) is 14.9 Å². The molecule has 0 radical (unpaired) electrons. The summed E-state index contributed by atoms with van der Waals surface area (Å²) in [5.74, 6) is -0.976. The van der Waals surface area contributed by atoms with Crippen LogP contribution in [0.5, 0.6) is 0 Å². The van der Waals surface area contributed by atoms with Crippen molar-refractivity contribution in [3.63, 3.8) is 0 Å². The van der Waals surface area contributed by atoms with Gasteiger partial charge >= 0.3 is 11.7 Å². The number of aryl methyl sites for hydroxylation is 1. The Kier molecular flexibility index (Phi) is 4.93. The second kappa shape index (κ2) is 6.05.